The van der Waals surface area contributed by atoms with E-state index in [4.69, 9.17) is 19.4 Å². The quantitative estimate of drug-likeness (QED) is 0.604. The molecule has 0 aromatic carbocycles. The first-order valence-electron chi connectivity index (χ1n) is 8.13. The molecule has 2 aromatic heterocycles. The van der Waals surface area contributed by atoms with Crippen molar-refractivity contribution in [2.45, 2.75) is 18.4 Å². The van der Waals surface area contributed by atoms with E-state index < -0.39 is 11.8 Å². The van der Waals surface area contributed by atoms with Crippen LogP contribution in [-0.4, -0.2) is 63.4 Å². The first-order valence-corrected chi connectivity index (χ1v) is 8.13. The highest BCUT2D eigenvalue weighted by Gasteiger charge is 2.45. The van der Waals surface area contributed by atoms with Crippen LogP contribution in [0.2, 0.25) is 0 Å². The number of hydrogen-bond donors (Lipinski definition) is 1. The molecule has 0 bridgehead atoms. The summed E-state index contributed by atoms with van der Waals surface area (Å²) in [5.41, 5.74) is 0.681. The van der Waals surface area contributed by atoms with Gasteiger partial charge >= 0.3 is 6.16 Å². The Morgan fingerprint density at radius 1 is 1.31 bits per heavy atom. The predicted molar refractivity (Wildman–Crippen MR) is 89.7 cm³/mol. The first-order chi connectivity index (χ1) is 12.5. The number of aromatic nitrogens is 2. The van der Waals surface area contributed by atoms with Crippen LogP contribution in [0, 0.1) is 0 Å². The van der Waals surface area contributed by atoms with E-state index in [9.17, 15) is 9.59 Å². The van der Waals surface area contributed by atoms with E-state index in [0.717, 1.165) is 11.0 Å². The summed E-state index contributed by atoms with van der Waals surface area (Å²) in [4.78, 5) is 38.4. The fourth-order valence-corrected chi connectivity index (χ4v) is 3.21. The van der Waals surface area contributed by atoms with Gasteiger partial charge in [-0.2, -0.15) is 0 Å². The summed E-state index contributed by atoms with van der Waals surface area (Å²) in [5.74, 6) is -0.0896. The fourth-order valence-electron chi connectivity index (χ4n) is 3.21. The molecule has 138 valence electrons. The lowest BCUT2D eigenvalue weighted by atomic mass is 9.92. The molecule has 4 rings (SSSR count). The second kappa shape index (κ2) is 7.03. The molecule has 4 heterocycles. The summed E-state index contributed by atoms with van der Waals surface area (Å²) in [6.45, 7) is 1.09. The number of hydrogen-bond acceptors (Lipinski definition) is 6. The molecule has 0 unspecified atom stereocenters. The van der Waals surface area contributed by atoms with E-state index in [1.807, 2.05) is 29.9 Å². The van der Waals surface area contributed by atoms with E-state index in [2.05, 4.69) is 4.98 Å². The molecule has 2 aromatic rings. The number of pyridine rings is 1. The van der Waals surface area contributed by atoms with Gasteiger partial charge in [0.25, 0.3) is 12.4 Å². The number of amides is 1. The number of piperidine rings is 1. The van der Waals surface area contributed by atoms with Crippen LogP contribution < -0.4 is 0 Å². The average molecular weight is 361 g/mol. The molecule has 0 atom stereocenters. The van der Waals surface area contributed by atoms with E-state index in [-0.39, 0.29) is 19.0 Å². The summed E-state index contributed by atoms with van der Waals surface area (Å²) in [6, 6.07) is 5.64. The van der Waals surface area contributed by atoms with Gasteiger partial charge in [0.1, 0.15) is 17.9 Å². The van der Waals surface area contributed by atoms with Crippen molar-refractivity contribution in [3.05, 3.63) is 30.1 Å². The Hall–Kier alpha value is -3.10. The summed E-state index contributed by atoms with van der Waals surface area (Å²) in [6.07, 6.45) is 2.50. The van der Waals surface area contributed by atoms with Crippen LogP contribution >= 0.6 is 0 Å². The Kier molecular flexibility index (Phi) is 4.79. The van der Waals surface area contributed by atoms with Crippen molar-refractivity contribution in [3.8, 4) is 0 Å². The maximum Gasteiger partial charge on any atom is 0.509 e. The Morgan fingerprint density at radius 2 is 2.00 bits per heavy atom. The third-order valence-electron chi connectivity index (χ3n) is 4.65. The molecule has 2 fully saturated rings. The van der Waals surface area contributed by atoms with E-state index in [0.29, 0.717) is 31.6 Å². The second-order valence-electron chi connectivity index (χ2n) is 6.26. The lowest BCUT2D eigenvalue weighted by Gasteiger charge is -2.36. The van der Waals surface area contributed by atoms with Crippen LogP contribution in [0.4, 0.5) is 4.79 Å². The SMILES string of the molecule is Cn1ccc2ccc(C(=O)N3CCC4(CC3)COC(=O)O4)nc21.O=CO. The van der Waals surface area contributed by atoms with Gasteiger partial charge in [0, 0.05) is 44.6 Å². The number of fused-ring (bicyclic) bond motifs is 1. The summed E-state index contributed by atoms with van der Waals surface area (Å²) < 4.78 is 12.1. The Balaban J connectivity index is 0.000000613. The number of carbonyl (C=O) groups is 3. The molecular formula is C17H19N3O6. The van der Waals surface area contributed by atoms with Crippen molar-refractivity contribution in [1.82, 2.24) is 14.5 Å². The van der Waals surface area contributed by atoms with Crippen molar-refractivity contribution in [2.75, 3.05) is 19.7 Å². The number of nitrogens with zero attached hydrogens (tertiary/aromatic N) is 3. The van der Waals surface area contributed by atoms with Gasteiger partial charge in [-0.05, 0) is 18.2 Å². The largest absolute Gasteiger partial charge is 0.509 e. The van der Waals surface area contributed by atoms with Gasteiger partial charge in [0.15, 0.2) is 5.60 Å². The van der Waals surface area contributed by atoms with Crippen molar-refractivity contribution < 1.29 is 29.0 Å². The second-order valence-corrected chi connectivity index (χ2v) is 6.26. The maximum absolute atomic E-state index is 12.7. The van der Waals surface area contributed by atoms with Crippen LogP contribution in [0.25, 0.3) is 11.0 Å². The van der Waals surface area contributed by atoms with Crippen molar-refractivity contribution in [1.29, 1.82) is 0 Å². The molecule has 1 spiro atoms. The third-order valence-corrected chi connectivity index (χ3v) is 4.65. The highest BCUT2D eigenvalue weighted by Crippen LogP contribution is 2.32. The number of carbonyl (C=O) groups excluding carboxylic acids is 2. The highest BCUT2D eigenvalue weighted by molar-refractivity contribution is 5.94. The zero-order valence-electron chi connectivity index (χ0n) is 14.3. The van der Waals surface area contributed by atoms with Crippen molar-refractivity contribution in [3.63, 3.8) is 0 Å². The lowest BCUT2D eigenvalue weighted by molar-refractivity contribution is -0.122. The predicted octanol–water partition coefficient (Wildman–Crippen LogP) is 1.42. The fraction of sp³-hybridized carbons (Fsp3) is 0.412. The third kappa shape index (κ3) is 3.32. The van der Waals surface area contributed by atoms with Crippen LogP contribution in [0.5, 0.6) is 0 Å². The van der Waals surface area contributed by atoms with Crippen LogP contribution in [0.3, 0.4) is 0 Å². The minimum Gasteiger partial charge on any atom is -0.483 e. The van der Waals surface area contributed by atoms with Gasteiger partial charge in [-0.1, -0.05) is 0 Å². The van der Waals surface area contributed by atoms with Crippen molar-refractivity contribution >= 4 is 29.6 Å². The molecule has 2 saturated heterocycles. The van der Waals surface area contributed by atoms with Gasteiger partial charge in [0.2, 0.25) is 0 Å². The molecule has 1 amide bonds. The molecule has 26 heavy (non-hydrogen) atoms. The Bertz CT molecular complexity index is 838. The Labute approximate surface area is 149 Å². The van der Waals surface area contributed by atoms with Gasteiger partial charge in [-0.3, -0.25) is 9.59 Å². The summed E-state index contributed by atoms with van der Waals surface area (Å²) in [5, 5.41) is 7.90. The molecule has 0 saturated carbocycles. The van der Waals surface area contributed by atoms with Crippen LogP contribution in [0.1, 0.15) is 23.3 Å². The van der Waals surface area contributed by atoms with Gasteiger partial charge in [-0.25, -0.2) is 9.78 Å². The number of likely N-dealkylation sites (tertiary alicyclic amines) is 1. The molecule has 1 N–H and O–H groups in total. The maximum atomic E-state index is 12.7. The number of ether oxygens (including phenoxy) is 2. The standard InChI is InChI=1S/C16H17N3O4.CH2O2/c1-18-7-4-11-2-3-12(17-13(11)18)14(20)19-8-5-16(6-9-19)10-22-15(21)23-16;2-1-3/h2-4,7H,5-6,8-10H2,1H3;1H,(H,2,3). The number of carboxylic acid groups (broad SMARTS) is 1. The molecule has 2 aliphatic rings. The van der Waals surface area contributed by atoms with Crippen molar-refractivity contribution in [2.24, 2.45) is 7.05 Å². The molecule has 0 radical (unpaired) electrons. The highest BCUT2D eigenvalue weighted by atomic mass is 16.8. The first kappa shape index (κ1) is 17.7. The van der Waals surface area contributed by atoms with Gasteiger partial charge in [-0.15, -0.1) is 0 Å². The number of aryl methyl sites for hydroxylation is 1. The minimum absolute atomic E-state index is 0.0896. The molecule has 9 heteroatoms. The van der Waals surface area contributed by atoms with E-state index >= 15 is 0 Å². The van der Waals surface area contributed by atoms with Gasteiger partial charge < -0.3 is 24.0 Å². The topological polar surface area (TPSA) is 111 Å². The van der Waals surface area contributed by atoms with E-state index in [1.54, 1.807) is 11.0 Å². The molecular weight excluding hydrogens is 342 g/mol. The molecule has 0 aliphatic carbocycles. The number of cyclic esters (lactones) is 1. The van der Waals surface area contributed by atoms with Crippen LogP contribution in [-0.2, 0) is 21.3 Å². The summed E-state index contributed by atoms with van der Waals surface area (Å²) >= 11 is 0. The zero-order chi connectivity index (χ0) is 18.7. The number of rotatable bonds is 1. The normalized spacial score (nSPS) is 18.0. The zero-order valence-corrected chi connectivity index (χ0v) is 14.3. The van der Waals surface area contributed by atoms with Crippen LogP contribution in [0.15, 0.2) is 24.4 Å². The summed E-state index contributed by atoms with van der Waals surface area (Å²) in [7, 11) is 1.91. The minimum atomic E-state index is -0.611. The molecule has 2 aliphatic heterocycles. The average Bonchev–Trinajstić information content (AvgIpc) is 3.19. The van der Waals surface area contributed by atoms with E-state index in [1.165, 1.54) is 0 Å². The monoisotopic (exact) mass is 361 g/mol. The smallest absolute Gasteiger partial charge is 0.483 e. The Morgan fingerprint density at radius 3 is 2.62 bits per heavy atom. The molecule has 9 nitrogen and oxygen atoms in total. The lowest BCUT2D eigenvalue weighted by Crippen LogP contribution is -2.48. The van der Waals surface area contributed by atoms with Gasteiger partial charge in [0.05, 0.1) is 0 Å².